The average Bonchev–Trinajstić information content (AvgIpc) is 2.26. The molecule has 0 saturated heterocycles. The first-order valence-electron chi connectivity index (χ1n) is 5.36. The number of nitrogen functional groups attached to an aromatic ring is 1. The molecule has 2 rings (SSSR count). The van der Waals surface area contributed by atoms with Gasteiger partial charge in [-0.05, 0) is 65.2 Å². The van der Waals surface area contributed by atoms with Crippen LogP contribution in [0.15, 0.2) is 40.9 Å². The molecule has 0 unspecified atom stereocenters. The number of hydrogen-bond donors (Lipinski definition) is 1. The molecule has 2 aromatic carbocycles. The molecule has 0 saturated carbocycles. The minimum absolute atomic E-state index is 0.758. The fourth-order valence-electron chi connectivity index (χ4n) is 1.55. The van der Waals surface area contributed by atoms with Gasteiger partial charge in [-0.3, -0.25) is 0 Å². The number of aryl methyl sites for hydroxylation is 2. The van der Waals surface area contributed by atoms with Crippen molar-refractivity contribution in [2.24, 2.45) is 0 Å². The quantitative estimate of drug-likeness (QED) is 0.830. The van der Waals surface area contributed by atoms with Crippen molar-refractivity contribution in [2.75, 3.05) is 5.73 Å². The van der Waals surface area contributed by atoms with Crippen molar-refractivity contribution >= 4 is 21.6 Å². The smallest absolute Gasteiger partial charge is 0.142 e. The third kappa shape index (κ3) is 2.80. The summed E-state index contributed by atoms with van der Waals surface area (Å²) in [6.07, 6.45) is 0. The van der Waals surface area contributed by atoms with Crippen LogP contribution < -0.4 is 10.5 Å². The van der Waals surface area contributed by atoms with Crippen LogP contribution in [-0.4, -0.2) is 0 Å². The van der Waals surface area contributed by atoms with Crippen molar-refractivity contribution < 1.29 is 4.74 Å². The predicted octanol–water partition coefficient (Wildman–Crippen LogP) is 4.44. The molecule has 3 heteroatoms. The normalized spacial score (nSPS) is 10.3. The van der Waals surface area contributed by atoms with Crippen molar-refractivity contribution in [3.8, 4) is 11.5 Å². The molecule has 0 aliphatic carbocycles. The molecule has 0 amide bonds. The van der Waals surface area contributed by atoms with E-state index in [-0.39, 0.29) is 0 Å². The van der Waals surface area contributed by atoms with Crippen molar-refractivity contribution in [3.63, 3.8) is 0 Å². The zero-order chi connectivity index (χ0) is 12.4. The highest BCUT2D eigenvalue weighted by Crippen LogP contribution is 2.33. The van der Waals surface area contributed by atoms with E-state index in [1.807, 2.05) is 50.2 Å². The summed E-state index contributed by atoms with van der Waals surface area (Å²) in [6, 6.07) is 11.7. The van der Waals surface area contributed by atoms with Gasteiger partial charge in [-0.1, -0.05) is 12.1 Å². The largest absolute Gasteiger partial charge is 0.456 e. The summed E-state index contributed by atoms with van der Waals surface area (Å²) in [5, 5.41) is 0. The Morgan fingerprint density at radius 1 is 1.12 bits per heavy atom. The standard InChI is InChI=1S/C14H14BrNO/c1-9-4-3-5-11(6-9)17-14-7-10(2)13(16)8-12(14)15/h3-8H,16H2,1-2H3. The molecule has 0 radical (unpaired) electrons. The lowest BCUT2D eigenvalue weighted by Crippen LogP contribution is -1.92. The van der Waals surface area contributed by atoms with Crippen LogP contribution in [0.3, 0.4) is 0 Å². The Balaban J connectivity index is 2.33. The first kappa shape index (κ1) is 12.0. The molecule has 0 spiro atoms. The lowest BCUT2D eigenvalue weighted by Gasteiger charge is -2.10. The maximum absolute atomic E-state index is 5.82. The van der Waals surface area contributed by atoms with Gasteiger partial charge in [0, 0.05) is 5.69 Å². The molecular formula is C14H14BrNO. The average molecular weight is 292 g/mol. The number of anilines is 1. The zero-order valence-corrected chi connectivity index (χ0v) is 11.4. The summed E-state index contributed by atoms with van der Waals surface area (Å²) in [7, 11) is 0. The third-order valence-corrected chi connectivity index (χ3v) is 3.16. The summed E-state index contributed by atoms with van der Waals surface area (Å²) >= 11 is 3.45. The molecule has 17 heavy (non-hydrogen) atoms. The van der Waals surface area contributed by atoms with Gasteiger partial charge >= 0.3 is 0 Å². The summed E-state index contributed by atoms with van der Waals surface area (Å²) in [5.74, 6) is 1.61. The van der Waals surface area contributed by atoms with Crippen molar-refractivity contribution in [2.45, 2.75) is 13.8 Å². The predicted molar refractivity (Wildman–Crippen MR) is 74.5 cm³/mol. The van der Waals surface area contributed by atoms with E-state index in [9.17, 15) is 0 Å². The third-order valence-electron chi connectivity index (χ3n) is 2.54. The number of halogens is 1. The van der Waals surface area contributed by atoms with E-state index in [2.05, 4.69) is 15.9 Å². The molecule has 0 heterocycles. The van der Waals surface area contributed by atoms with Gasteiger partial charge in [-0.2, -0.15) is 0 Å². The minimum Gasteiger partial charge on any atom is -0.456 e. The number of ether oxygens (including phenoxy) is 1. The minimum atomic E-state index is 0.758. The molecule has 0 bridgehead atoms. The van der Waals surface area contributed by atoms with Crippen LogP contribution in [0.2, 0.25) is 0 Å². The maximum Gasteiger partial charge on any atom is 0.142 e. The summed E-state index contributed by atoms with van der Waals surface area (Å²) < 4.78 is 6.69. The highest BCUT2D eigenvalue weighted by atomic mass is 79.9. The Labute approximate surface area is 110 Å². The molecule has 2 aromatic rings. The van der Waals surface area contributed by atoms with Crippen LogP contribution in [0.1, 0.15) is 11.1 Å². The second-order valence-electron chi connectivity index (χ2n) is 4.06. The first-order valence-corrected chi connectivity index (χ1v) is 6.15. The zero-order valence-electron chi connectivity index (χ0n) is 9.83. The van der Waals surface area contributed by atoms with Gasteiger partial charge in [0.15, 0.2) is 0 Å². The topological polar surface area (TPSA) is 35.2 Å². The molecule has 0 aliphatic heterocycles. The molecule has 0 atom stereocenters. The van der Waals surface area contributed by atoms with Crippen LogP contribution in [0.25, 0.3) is 0 Å². The van der Waals surface area contributed by atoms with Gasteiger partial charge in [0.05, 0.1) is 4.47 Å². The second-order valence-corrected chi connectivity index (χ2v) is 4.91. The lowest BCUT2D eigenvalue weighted by molar-refractivity contribution is 0.479. The van der Waals surface area contributed by atoms with E-state index in [0.29, 0.717) is 0 Å². The van der Waals surface area contributed by atoms with Gasteiger partial charge in [-0.15, -0.1) is 0 Å². The number of benzene rings is 2. The van der Waals surface area contributed by atoms with Gasteiger partial charge in [-0.25, -0.2) is 0 Å². The SMILES string of the molecule is Cc1cccc(Oc2cc(C)c(N)cc2Br)c1. The maximum atomic E-state index is 5.82. The monoisotopic (exact) mass is 291 g/mol. The Morgan fingerprint density at radius 3 is 2.59 bits per heavy atom. The highest BCUT2D eigenvalue weighted by Gasteiger charge is 2.06. The first-order chi connectivity index (χ1) is 8.06. The lowest BCUT2D eigenvalue weighted by atomic mass is 10.2. The van der Waals surface area contributed by atoms with E-state index >= 15 is 0 Å². The van der Waals surface area contributed by atoms with Gasteiger partial charge in [0.25, 0.3) is 0 Å². The van der Waals surface area contributed by atoms with Crippen LogP contribution >= 0.6 is 15.9 Å². The summed E-state index contributed by atoms with van der Waals surface area (Å²) in [5.41, 5.74) is 8.76. The Morgan fingerprint density at radius 2 is 1.88 bits per heavy atom. The molecule has 2 nitrogen and oxygen atoms in total. The molecule has 2 N–H and O–H groups in total. The van der Waals surface area contributed by atoms with Crippen LogP contribution in [0.4, 0.5) is 5.69 Å². The Kier molecular flexibility index (Phi) is 3.38. The fraction of sp³-hybridized carbons (Fsp3) is 0.143. The van der Waals surface area contributed by atoms with Crippen LogP contribution in [0.5, 0.6) is 11.5 Å². The van der Waals surface area contributed by atoms with Crippen LogP contribution in [-0.2, 0) is 0 Å². The van der Waals surface area contributed by atoms with Crippen molar-refractivity contribution in [1.29, 1.82) is 0 Å². The fourth-order valence-corrected chi connectivity index (χ4v) is 2.00. The molecule has 0 aliphatic rings. The van der Waals surface area contributed by atoms with Gasteiger partial charge in [0.1, 0.15) is 11.5 Å². The van der Waals surface area contributed by atoms with E-state index in [0.717, 1.165) is 27.2 Å². The van der Waals surface area contributed by atoms with E-state index in [1.54, 1.807) is 0 Å². The van der Waals surface area contributed by atoms with E-state index in [4.69, 9.17) is 10.5 Å². The number of nitrogens with two attached hydrogens (primary N) is 1. The summed E-state index contributed by atoms with van der Waals surface area (Å²) in [6.45, 7) is 4.00. The van der Waals surface area contributed by atoms with Gasteiger partial charge < -0.3 is 10.5 Å². The number of hydrogen-bond acceptors (Lipinski definition) is 2. The Bertz CT molecular complexity index is 552. The Hall–Kier alpha value is -1.48. The van der Waals surface area contributed by atoms with E-state index < -0.39 is 0 Å². The van der Waals surface area contributed by atoms with Gasteiger partial charge in [0.2, 0.25) is 0 Å². The molecule has 0 fully saturated rings. The van der Waals surface area contributed by atoms with Crippen molar-refractivity contribution in [3.05, 3.63) is 52.0 Å². The van der Waals surface area contributed by atoms with E-state index in [1.165, 1.54) is 5.56 Å². The summed E-state index contributed by atoms with van der Waals surface area (Å²) in [4.78, 5) is 0. The molecule has 88 valence electrons. The van der Waals surface area contributed by atoms with Crippen LogP contribution in [0, 0.1) is 13.8 Å². The number of rotatable bonds is 2. The van der Waals surface area contributed by atoms with Crippen molar-refractivity contribution in [1.82, 2.24) is 0 Å². The molecular weight excluding hydrogens is 278 g/mol. The highest BCUT2D eigenvalue weighted by molar-refractivity contribution is 9.10. The second kappa shape index (κ2) is 4.80. The molecule has 0 aromatic heterocycles.